The summed E-state index contributed by atoms with van der Waals surface area (Å²) >= 11 is 11.7. The second-order valence-corrected chi connectivity index (χ2v) is 5.08. The SMILES string of the molecule is O=[N+]([O-])c1cc(Cl)c(NC(CO)c2ccc(F)cc2)nc1Cl. The van der Waals surface area contributed by atoms with Crippen molar-refractivity contribution in [2.75, 3.05) is 11.9 Å². The molecule has 0 amide bonds. The van der Waals surface area contributed by atoms with Gasteiger partial charge in [-0.2, -0.15) is 0 Å². The number of anilines is 1. The highest BCUT2D eigenvalue weighted by Gasteiger charge is 2.20. The number of nitrogens with one attached hydrogen (secondary N) is 1. The van der Waals surface area contributed by atoms with Gasteiger partial charge >= 0.3 is 5.69 Å². The highest BCUT2D eigenvalue weighted by atomic mass is 35.5. The molecule has 0 saturated carbocycles. The van der Waals surface area contributed by atoms with Crippen LogP contribution >= 0.6 is 23.2 Å². The number of benzene rings is 1. The smallest absolute Gasteiger partial charge is 0.308 e. The van der Waals surface area contributed by atoms with Crippen molar-refractivity contribution in [2.24, 2.45) is 0 Å². The van der Waals surface area contributed by atoms with Crippen molar-refractivity contribution in [3.05, 3.63) is 62.0 Å². The lowest BCUT2D eigenvalue weighted by Gasteiger charge is -2.18. The fourth-order valence-electron chi connectivity index (χ4n) is 1.78. The third-order valence-electron chi connectivity index (χ3n) is 2.87. The fraction of sp³-hybridized carbons (Fsp3) is 0.154. The van der Waals surface area contributed by atoms with Gasteiger partial charge in [0.05, 0.1) is 22.6 Å². The summed E-state index contributed by atoms with van der Waals surface area (Å²) < 4.78 is 12.9. The van der Waals surface area contributed by atoms with Crippen molar-refractivity contribution in [1.82, 2.24) is 4.98 Å². The summed E-state index contributed by atoms with van der Waals surface area (Å²) in [6.07, 6.45) is 0. The van der Waals surface area contributed by atoms with Crippen LogP contribution in [0.3, 0.4) is 0 Å². The number of pyridine rings is 1. The summed E-state index contributed by atoms with van der Waals surface area (Å²) in [5, 5.41) is 22.7. The van der Waals surface area contributed by atoms with Crippen LogP contribution in [0.25, 0.3) is 0 Å². The molecular formula is C13H10Cl2FN3O3. The van der Waals surface area contributed by atoms with Gasteiger partial charge in [-0.05, 0) is 17.7 Å². The lowest BCUT2D eigenvalue weighted by molar-refractivity contribution is -0.385. The first-order chi connectivity index (χ1) is 10.4. The second kappa shape index (κ2) is 6.87. The zero-order chi connectivity index (χ0) is 16.3. The van der Waals surface area contributed by atoms with E-state index >= 15 is 0 Å². The van der Waals surface area contributed by atoms with E-state index < -0.39 is 22.5 Å². The minimum absolute atomic E-state index is 0.0170. The molecule has 0 spiro atoms. The maximum Gasteiger partial charge on any atom is 0.308 e. The number of aliphatic hydroxyl groups excluding tert-OH is 1. The molecule has 6 nitrogen and oxygen atoms in total. The monoisotopic (exact) mass is 345 g/mol. The number of nitrogens with zero attached hydrogens (tertiary/aromatic N) is 2. The van der Waals surface area contributed by atoms with Gasteiger partial charge in [0.15, 0.2) is 0 Å². The zero-order valence-electron chi connectivity index (χ0n) is 11.0. The van der Waals surface area contributed by atoms with E-state index in [2.05, 4.69) is 10.3 Å². The van der Waals surface area contributed by atoms with Gasteiger partial charge in [0.25, 0.3) is 0 Å². The van der Waals surface area contributed by atoms with Gasteiger partial charge in [-0.25, -0.2) is 9.37 Å². The predicted octanol–water partition coefficient (Wildman–Crippen LogP) is 3.58. The first-order valence-electron chi connectivity index (χ1n) is 6.05. The Kier molecular flexibility index (Phi) is 5.12. The largest absolute Gasteiger partial charge is 0.394 e. The zero-order valence-corrected chi connectivity index (χ0v) is 12.5. The molecule has 0 fully saturated rings. The van der Waals surface area contributed by atoms with Gasteiger partial charge in [-0.3, -0.25) is 10.1 Å². The van der Waals surface area contributed by atoms with Crippen LogP contribution < -0.4 is 5.32 Å². The van der Waals surface area contributed by atoms with Crippen LogP contribution in [0.15, 0.2) is 30.3 Å². The number of hydrogen-bond acceptors (Lipinski definition) is 5. The molecule has 116 valence electrons. The van der Waals surface area contributed by atoms with Gasteiger partial charge in [0.2, 0.25) is 5.15 Å². The summed E-state index contributed by atoms with van der Waals surface area (Å²) in [5.74, 6) is -0.324. The van der Waals surface area contributed by atoms with Gasteiger partial charge in [-0.1, -0.05) is 35.3 Å². The quantitative estimate of drug-likeness (QED) is 0.491. The molecule has 0 aliphatic heterocycles. The Morgan fingerprint density at radius 1 is 1.36 bits per heavy atom. The molecular weight excluding hydrogens is 336 g/mol. The van der Waals surface area contributed by atoms with Crippen molar-refractivity contribution in [3.63, 3.8) is 0 Å². The lowest BCUT2D eigenvalue weighted by atomic mass is 10.1. The topological polar surface area (TPSA) is 88.3 Å². The van der Waals surface area contributed by atoms with Gasteiger partial charge in [0, 0.05) is 6.07 Å². The van der Waals surface area contributed by atoms with Crippen molar-refractivity contribution in [3.8, 4) is 0 Å². The molecule has 0 aliphatic rings. The molecule has 1 aromatic carbocycles. The molecule has 0 radical (unpaired) electrons. The van der Waals surface area contributed by atoms with E-state index in [4.69, 9.17) is 23.2 Å². The van der Waals surface area contributed by atoms with E-state index in [1.807, 2.05) is 0 Å². The summed E-state index contributed by atoms with van der Waals surface area (Å²) in [5.41, 5.74) is 0.177. The first-order valence-corrected chi connectivity index (χ1v) is 6.81. The molecule has 2 N–H and O–H groups in total. The van der Waals surface area contributed by atoms with E-state index in [9.17, 15) is 19.6 Å². The maximum absolute atomic E-state index is 12.9. The van der Waals surface area contributed by atoms with Crippen LogP contribution in [0.4, 0.5) is 15.9 Å². The minimum atomic E-state index is -0.700. The van der Waals surface area contributed by atoms with Crippen LogP contribution in [0.2, 0.25) is 10.2 Å². The van der Waals surface area contributed by atoms with Crippen LogP contribution in [-0.2, 0) is 0 Å². The molecule has 1 unspecified atom stereocenters. The Bertz CT molecular complexity index is 698. The lowest BCUT2D eigenvalue weighted by Crippen LogP contribution is -2.16. The molecule has 0 bridgehead atoms. The van der Waals surface area contributed by atoms with Crippen LogP contribution in [0, 0.1) is 15.9 Å². The Labute approximate surface area is 134 Å². The van der Waals surface area contributed by atoms with E-state index in [-0.39, 0.29) is 22.6 Å². The fourth-order valence-corrected chi connectivity index (χ4v) is 2.19. The van der Waals surface area contributed by atoms with E-state index in [0.29, 0.717) is 5.56 Å². The average Bonchev–Trinajstić information content (AvgIpc) is 2.48. The Morgan fingerprint density at radius 3 is 2.55 bits per heavy atom. The third kappa shape index (κ3) is 3.62. The number of aromatic nitrogens is 1. The van der Waals surface area contributed by atoms with Crippen LogP contribution in [0.1, 0.15) is 11.6 Å². The normalized spacial score (nSPS) is 12.0. The Morgan fingerprint density at radius 2 is 2.00 bits per heavy atom. The second-order valence-electron chi connectivity index (χ2n) is 4.32. The highest BCUT2D eigenvalue weighted by molar-refractivity contribution is 6.35. The molecule has 1 atom stereocenters. The predicted molar refractivity (Wildman–Crippen MR) is 80.8 cm³/mol. The summed E-state index contributed by atoms with van der Waals surface area (Å²) in [4.78, 5) is 13.9. The van der Waals surface area contributed by atoms with E-state index in [1.54, 1.807) is 0 Å². The van der Waals surface area contributed by atoms with Crippen molar-refractivity contribution in [1.29, 1.82) is 0 Å². The molecule has 2 aromatic rings. The summed E-state index contributed by atoms with van der Waals surface area (Å²) in [7, 11) is 0. The number of nitro groups is 1. The van der Waals surface area contributed by atoms with Crippen molar-refractivity contribution < 1.29 is 14.4 Å². The van der Waals surface area contributed by atoms with Crippen molar-refractivity contribution >= 4 is 34.7 Å². The highest BCUT2D eigenvalue weighted by Crippen LogP contribution is 2.32. The number of aliphatic hydroxyl groups is 1. The molecule has 9 heteroatoms. The molecule has 2 rings (SSSR count). The van der Waals surface area contributed by atoms with Gasteiger partial charge < -0.3 is 10.4 Å². The summed E-state index contributed by atoms with van der Waals surface area (Å²) in [6, 6.07) is 5.92. The summed E-state index contributed by atoms with van der Waals surface area (Å²) in [6.45, 7) is -0.321. The average molecular weight is 346 g/mol. The standard InChI is InChI=1S/C13H10Cl2FN3O3/c14-9-5-11(19(21)22)12(15)18-13(9)17-10(6-20)7-1-3-8(16)4-2-7/h1-5,10,20H,6H2,(H,17,18). The molecule has 0 aliphatic carbocycles. The maximum atomic E-state index is 12.9. The van der Waals surface area contributed by atoms with E-state index in [0.717, 1.165) is 6.07 Å². The number of halogens is 3. The number of rotatable bonds is 5. The van der Waals surface area contributed by atoms with Gasteiger partial charge in [-0.15, -0.1) is 0 Å². The Balaban J connectivity index is 2.30. The third-order valence-corrected chi connectivity index (χ3v) is 3.44. The molecule has 1 aromatic heterocycles. The molecule has 1 heterocycles. The van der Waals surface area contributed by atoms with Crippen molar-refractivity contribution in [2.45, 2.75) is 6.04 Å². The number of hydrogen-bond donors (Lipinski definition) is 2. The first kappa shape index (κ1) is 16.4. The Hall–Kier alpha value is -1.96. The van der Waals surface area contributed by atoms with Crippen LogP contribution in [0.5, 0.6) is 0 Å². The van der Waals surface area contributed by atoms with Gasteiger partial charge in [0.1, 0.15) is 11.6 Å². The molecule has 0 saturated heterocycles. The van der Waals surface area contributed by atoms with Crippen LogP contribution in [-0.4, -0.2) is 21.6 Å². The molecule has 22 heavy (non-hydrogen) atoms. The minimum Gasteiger partial charge on any atom is -0.394 e. The van der Waals surface area contributed by atoms with E-state index in [1.165, 1.54) is 24.3 Å².